The summed E-state index contributed by atoms with van der Waals surface area (Å²) in [6, 6.07) is 3.72. The van der Waals surface area contributed by atoms with Gasteiger partial charge in [0.15, 0.2) is 0 Å². The Kier molecular flexibility index (Phi) is 2.02. The maximum Gasteiger partial charge on any atom is 0.143 e. The number of aromatic nitrogens is 3. The third kappa shape index (κ3) is 1.37. The van der Waals surface area contributed by atoms with Crippen molar-refractivity contribution in [3.8, 4) is 0 Å². The third-order valence-corrected chi connectivity index (χ3v) is 1.93. The van der Waals surface area contributed by atoms with Crippen molar-refractivity contribution < 1.29 is 5.21 Å². The molecule has 0 atom stereocenters. The van der Waals surface area contributed by atoms with Crippen molar-refractivity contribution in [2.24, 2.45) is 10.9 Å². The molecule has 3 N–H and O–H groups in total. The number of hydrogen-bond donors (Lipinski definition) is 2. The lowest BCUT2D eigenvalue weighted by molar-refractivity contribution is 0.317. The van der Waals surface area contributed by atoms with Gasteiger partial charge in [-0.05, 0) is 11.6 Å². The van der Waals surface area contributed by atoms with E-state index >= 15 is 0 Å². The minimum Gasteiger partial charge on any atom is -0.409 e. The molecule has 0 aliphatic carbocycles. The van der Waals surface area contributed by atoms with Crippen LogP contribution in [-0.2, 0) is 6.42 Å². The zero-order chi connectivity index (χ0) is 9.97. The van der Waals surface area contributed by atoms with Gasteiger partial charge in [-0.25, -0.2) is 4.52 Å². The third-order valence-electron chi connectivity index (χ3n) is 1.93. The predicted octanol–water partition coefficient (Wildman–Crippen LogP) is 0.0182. The fourth-order valence-electron chi connectivity index (χ4n) is 1.29. The van der Waals surface area contributed by atoms with Gasteiger partial charge in [0.05, 0.1) is 11.7 Å². The predicted molar refractivity (Wildman–Crippen MR) is 50.1 cm³/mol. The van der Waals surface area contributed by atoms with E-state index in [2.05, 4.69) is 15.5 Å². The van der Waals surface area contributed by atoms with Crippen LogP contribution in [0.2, 0.25) is 0 Å². The first-order valence-electron chi connectivity index (χ1n) is 4.05. The molecule has 2 aromatic heterocycles. The van der Waals surface area contributed by atoms with E-state index in [1.54, 1.807) is 16.9 Å². The first-order valence-corrected chi connectivity index (χ1v) is 4.05. The highest BCUT2D eigenvalue weighted by Crippen LogP contribution is 2.08. The van der Waals surface area contributed by atoms with Crippen molar-refractivity contribution in [3.05, 3.63) is 30.1 Å². The molecule has 0 aliphatic heterocycles. The highest BCUT2D eigenvalue weighted by Gasteiger charge is 2.04. The molecule has 0 amide bonds. The number of nitrogens with two attached hydrogens (primary N) is 1. The van der Waals surface area contributed by atoms with Gasteiger partial charge in [0, 0.05) is 12.6 Å². The smallest absolute Gasteiger partial charge is 0.143 e. The van der Waals surface area contributed by atoms with Crippen LogP contribution in [0.1, 0.15) is 5.56 Å². The Morgan fingerprint density at radius 1 is 1.64 bits per heavy atom. The van der Waals surface area contributed by atoms with Crippen molar-refractivity contribution in [2.45, 2.75) is 6.42 Å². The molecule has 0 aliphatic rings. The number of rotatable bonds is 2. The van der Waals surface area contributed by atoms with Crippen molar-refractivity contribution in [3.63, 3.8) is 0 Å². The molecule has 0 bridgehead atoms. The van der Waals surface area contributed by atoms with Gasteiger partial charge in [-0.15, -0.1) is 5.10 Å². The molecule has 0 aromatic carbocycles. The van der Waals surface area contributed by atoms with Crippen LogP contribution in [0.15, 0.2) is 29.7 Å². The monoisotopic (exact) mass is 191 g/mol. The van der Waals surface area contributed by atoms with Crippen LogP contribution in [0.5, 0.6) is 0 Å². The minimum absolute atomic E-state index is 0.166. The second kappa shape index (κ2) is 3.33. The first-order chi connectivity index (χ1) is 6.81. The van der Waals surface area contributed by atoms with E-state index in [4.69, 9.17) is 10.9 Å². The summed E-state index contributed by atoms with van der Waals surface area (Å²) >= 11 is 0. The molecule has 0 radical (unpaired) electrons. The van der Waals surface area contributed by atoms with Gasteiger partial charge in [0.25, 0.3) is 0 Å². The molecular weight excluding hydrogens is 182 g/mol. The summed E-state index contributed by atoms with van der Waals surface area (Å²) in [7, 11) is 0. The molecule has 0 saturated heterocycles. The lowest BCUT2D eigenvalue weighted by Crippen LogP contribution is -2.15. The standard InChI is InChI=1S/C8H9N5O/c9-8(11-14)4-6-2-1-3-13-7(6)5-10-12-13/h1-3,5,14H,4H2,(H2,9,11). The average Bonchev–Trinajstić information content (AvgIpc) is 2.66. The van der Waals surface area contributed by atoms with Crippen LogP contribution < -0.4 is 5.73 Å². The first kappa shape index (κ1) is 8.49. The zero-order valence-electron chi connectivity index (χ0n) is 7.33. The lowest BCUT2D eigenvalue weighted by Gasteiger charge is -2.00. The van der Waals surface area contributed by atoms with Gasteiger partial charge in [0.2, 0.25) is 0 Å². The fourth-order valence-corrected chi connectivity index (χ4v) is 1.29. The number of nitrogens with zero attached hydrogens (tertiary/aromatic N) is 4. The molecule has 14 heavy (non-hydrogen) atoms. The quantitative estimate of drug-likeness (QED) is 0.303. The number of hydrogen-bond acceptors (Lipinski definition) is 4. The van der Waals surface area contributed by atoms with Gasteiger partial charge in [-0.2, -0.15) is 0 Å². The second-order valence-electron chi connectivity index (χ2n) is 2.87. The summed E-state index contributed by atoms with van der Waals surface area (Å²) in [4.78, 5) is 0. The Bertz CT molecular complexity index is 475. The van der Waals surface area contributed by atoms with E-state index in [0.29, 0.717) is 6.42 Å². The molecule has 2 aromatic rings. The Labute approximate surface area is 79.6 Å². The van der Waals surface area contributed by atoms with Crippen LogP contribution in [0, 0.1) is 0 Å². The van der Waals surface area contributed by atoms with Gasteiger partial charge < -0.3 is 10.9 Å². The summed E-state index contributed by atoms with van der Waals surface area (Å²) < 4.78 is 1.64. The van der Waals surface area contributed by atoms with Crippen LogP contribution in [0.4, 0.5) is 0 Å². The largest absolute Gasteiger partial charge is 0.409 e. The lowest BCUT2D eigenvalue weighted by atomic mass is 10.1. The molecule has 2 heterocycles. The number of fused-ring (bicyclic) bond motifs is 1. The normalized spacial score (nSPS) is 12.1. The summed E-state index contributed by atoms with van der Waals surface area (Å²) in [5.74, 6) is 0.166. The Morgan fingerprint density at radius 3 is 3.29 bits per heavy atom. The zero-order valence-corrected chi connectivity index (χ0v) is 7.33. The molecule has 2 rings (SSSR count). The Hall–Kier alpha value is -2.11. The molecule has 0 saturated carbocycles. The summed E-state index contributed by atoms with van der Waals surface area (Å²) in [6.45, 7) is 0. The van der Waals surface area contributed by atoms with Crippen LogP contribution in [-0.4, -0.2) is 25.9 Å². The van der Waals surface area contributed by atoms with E-state index in [-0.39, 0.29) is 5.84 Å². The van der Waals surface area contributed by atoms with Crippen molar-refractivity contribution in [1.29, 1.82) is 0 Å². The summed E-state index contributed by atoms with van der Waals surface area (Å²) in [6.07, 6.45) is 3.81. The van der Waals surface area contributed by atoms with Crippen LogP contribution in [0.25, 0.3) is 5.52 Å². The molecule has 0 unspecified atom stereocenters. The van der Waals surface area contributed by atoms with E-state index in [1.165, 1.54) is 0 Å². The number of pyridine rings is 1. The highest BCUT2D eigenvalue weighted by molar-refractivity contribution is 5.83. The molecule has 6 heteroatoms. The van der Waals surface area contributed by atoms with Gasteiger partial charge >= 0.3 is 0 Å². The van der Waals surface area contributed by atoms with Crippen molar-refractivity contribution in [1.82, 2.24) is 14.8 Å². The number of amidine groups is 1. The minimum atomic E-state index is 0.166. The van der Waals surface area contributed by atoms with Gasteiger partial charge in [-0.1, -0.05) is 16.4 Å². The summed E-state index contributed by atoms with van der Waals surface area (Å²) in [5, 5.41) is 19.0. The molecule has 72 valence electrons. The molecule has 0 fully saturated rings. The van der Waals surface area contributed by atoms with Gasteiger partial charge in [-0.3, -0.25) is 0 Å². The van der Waals surface area contributed by atoms with E-state index < -0.39 is 0 Å². The van der Waals surface area contributed by atoms with E-state index in [9.17, 15) is 0 Å². The topological polar surface area (TPSA) is 88.8 Å². The fraction of sp³-hybridized carbons (Fsp3) is 0.125. The van der Waals surface area contributed by atoms with Crippen LogP contribution >= 0.6 is 0 Å². The highest BCUT2D eigenvalue weighted by atomic mass is 16.4. The summed E-state index contributed by atoms with van der Waals surface area (Å²) in [5.41, 5.74) is 7.20. The Morgan fingerprint density at radius 2 is 2.50 bits per heavy atom. The second-order valence-corrected chi connectivity index (χ2v) is 2.87. The molecule has 6 nitrogen and oxygen atoms in total. The maximum atomic E-state index is 8.44. The van der Waals surface area contributed by atoms with Crippen molar-refractivity contribution >= 4 is 11.4 Å². The Balaban J connectivity index is 2.46. The average molecular weight is 191 g/mol. The molecular formula is C8H9N5O. The van der Waals surface area contributed by atoms with E-state index in [0.717, 1.165) is 11.1 Å². The molecule has 0 spiro atoms. The maximum absolute atomic E-state index is 8.44. The number of oxime groups is 1. The van der Waals surface area contributed by atoms with Crippen molar-refractivity contribution in [2.75, 3.05) is 0 Å². The van der Waals surface area contributed by atoms with E-state index in [1.807, 2.05) is 12.1 Å². The van der Waals surface area contributed by atoms with Gasteiger partial charge in [0.1, 0.15) is 5.84 Å². The SMILES string of the molecule is N/C(Cc1cccn2nncc12)=N\O. The van der Waals surface area contributed by atoms with Crippen LogP contribution in [0.3, 0.4) is 0 Å².